The summed E-state index contributed by atoms with van der Waals surface area (Å²) in [5.41, 5.74) is 0.324. The zero-order valence-electron chi connectivity index (χ0n) is 10.3. The van der Waals surface area contributed by atoms with Crippen molar-refractivity contribution >= 4 is 33.4 Å². The van der Waals surface area contributed by atoms with E-state index in [9.17, 15) is 9.90 Å². The smallest absolute Gasteiger partial charge is 0.254 e. The number of halogens is 2. The first-order chi connectivity index (χ1) is 8.41. The maximum absolute atomic E-state index is 11.8. The molecule has 0 radical (unpaired) electrons. The van der Waals surface area contributed by atoms with Gasteiger partial charge in [-0.25, -0.2) is 4.98 Å². The number of nitrogens with one attached hydrogen (secondary N) is 1. The molecule has 0 saturated heterocycles. The number of rotatable bonds is 5. The molecule has 0 spiro atoms. The van der Waals surface area contributed by atoms with Gasteiger partial charge in [-0.1, -0.05) is 25.4 Å². The van der Waals surface area contributed by atoms with Gasteiger partial charge >= 0.3 is 0 Å². The highest BCUT2D eigenvalue weighted by molar-refractivity contribution is 9.10. The van der Waals surface area contributed by atoms with Gasteiger partial charge in [-0.05, 0) is 34.3 Å². The van der Waals surface area contributed by atoms with Gasteiger partial charge in [-0.15, -0.1) is 0 Å². The first-order valence-electron chi connectivity index (χ1n) is 5.69. The molecule has 1 heterocycles. The van der Waals surface area contributed by atoms with Crippen LogP contribution in [0.3, 0.4) is 0 Å². The van der Waals surface area contributed by atoms with Gasteiger partial charge in [0.2, 0.25) is 0 Å². The van der Waals surface area contributed by atoms with E-state index in [1.807, 2.05) is 13.8 Å². The summed E-state index contributed by atoms with van der Waals surface area (Å²) in [4.78, 5) is 15.7. The van der Waals surface area contributed by atoms with Crippen LogP contribution < -0.4 is 5.32 Å². The molecule has 2 N–H and O–H groups in total. The first kappa shape index (κ1) is 15.4. The first-order valence-corrected chi connectivity index (χ1v) is 6.86. The number of aliphatic hydroxyl groups is 1. The second-order valence-corrected chi connectivity index (χ2v) is 5.62. The highest BCUT2D eigenvalue weighted by Gasteiger charge is 2.13. The predicted molar refractivity (Wildman–Crippen MR) is 74.7 cm³/mol. The Kier molecular flexibility index (Phi) is 6.05. The fourth-order valence-corrected chi connectivity index (χ4v) is 1.86. The van der Waals surface area contributed by atoms with Crippen LogP contribution in [0.1, 0.15) is 30.6 Å². The summed E-state index contributed by atoms with van der Waals surface area (Å²) in [6, 6.07) is 1.61. The van der Waals surface area contributed by atoms with E-state index in [2.05, 4.69) is 26.2 Å². The zero-order chi connectivity index (χ0) is 13.7. The highest BCUT2D eigenvalue weighted by atomic mass is 79.9. The normalized spacial score (nSPS) is 12.6. The van der Waals surface area contributed by atoms with Gasteiger partial charge in [0.25, 0.3) is 5.91 Å². The standard InChI is InChI=1S/C12H16BrClN2O2/c1-7(2)10(17)3-4-15-12(18)9-5-8(13)6-16-11(9)14/h5-7,10,17H,3-4H2,1-2H3,(H,15,18). The number of amides is 1. The Balaban J connectivity index is 2.53. The molecule has 18 heavy (non-hydrogen) atoms. The molecule has 6 heteroatoms. The fourth-order valence-electron chi connectivity index (χ4n) is 1.34. The van der Waals surface area contributed by atoms with Crippen LogP contribution in [-0.4, -0.2) is 28.6 Å². The number of aliphatic hydroxyl groups excluding tert-OH is 1. The molecule has 1 aromatic rings. The van der Waals surface area contributed by atoms with E-state index in [1.165, 1.54) is 6.20 Å². The molecule has 0 aliphatic rings. The van der Waals surface area contributed by atoms with Gasteiger partial charge in [-0.3, -0.25) is 4.79 Å². The average Bonchev–Trinajstić information content (AvgIpc) is 2.31. The molecule has 0 fully saturated rings. The largest absolute Gasteiger partial charge is 0.393 e. The molecule has 1 atom stereocenters. The number of hydrogen-bond acceptors (Lipinski definition) is 3. The van der Waals surface area contributed by atoms with Crippen LogP contribution in [0.5, 0.6) is 0 Å². The lowest BCUT2D eigenvalue weighted by Gasteiger charge is -2.14. The number of carbonyl (C=O) groups is 1. The number of carbonyl (C=O) groups excluding carboxylic acids is 1. The van der Waals surface area contributed by atoms with Gasteiger partial charge in [-0.2, -0.15) is 0 Å². The Morgan fingerprint density at radius 3 is 2.89 bits per heavy atom. The Morgan fingerprint density at radius 1 is 1.61 bits per heavy atom. The molecule has 1 aromatic heterocycles. The number of aromatic nitrogens is 1. The third-order valence-electron chi connectivity index (χ3n) is 2.55. The van der Waals surface area contributed by atoms with E-state index in [1.54, 1.807) is 6.07 Å². The average molecular weight is 336 g/mol. The summed E-state index contributed by atoms with van der Waals surface area (Å²) >= 11 is 9.07. The summed E-state index contributed by atoms with van der Waals surface area (Å²) in [7, 11) is 0. The lowest BCUT2D eigenvalue weighted by atomic mass is 10.0. The zero-order valence-corrected chi connectivity index (χ0v) is 12.6. The topological polar surface area (TPSA) is 62.2 Å². The van der Waals surface area contributed by atoms with Crippen molar-refractivity contribution in [2.24, 2.45) is 5.92 Å². The summed E-state index contributed by atoms with van der Waals surface area (Å²) < 4.78 is 0.694. The predicted octanol–water partition coefficient (Wildman–Crippen LogP) is 2.63. The molecule has 0 saturated carbocycles. The summed E-state index contributed by atoms with van der Waals surface area (Å²) in [5.74, 6) is -0.109. The second kappa shape index (κ2) is 7.07. The van der Waals surface area contributed by atoms with Crippen LogP contribution in [-0.2, 0) is 0 Å². The van der Waals surface area contributed by atoms with Gasteiger partial charge in [0.05, 0.1) is 11.7 Å². The Morgan fingerprint density at radius 2 is 2.28 bits per heavy atom. The van der Waals surface area contributed by atoms with Gasteiger partial charge < -0.3 is 10.4 Å². The number of hydrogen-bond donors (Lipinski definition) is 2. The maximum Gasteiger partial charge on any atom is 0.254 e. The number of pyridine rings is 1. The minimum Gasteiger partial charge on any atom is -0.393 e. The molecule has 100 valence electrons. The lowest BCUT2D eigenvalue weighted by Crippen LogP contribution is -2.29. The van der Waals surface area contributed by atoms with E-state index in [0.717, 1.165) is 0 Å². The van der Waals surface area contributed by atoms with E-state index < -0.39 is 6.10 Å². The Hall–Kier alpha value is -0.650. The molecule has 1 unspecified atom stereocenters. The van der Waals surface area contributed by atoms with Crippen molar-refractivity contribution in [1.82, 2.24) is 10.3 Å². The SMILES string of the molecule is CC(C)C(O)CCNC(=O)c1cc(Br)cnc1Cl. The van der Waals surface area contributed by atoms with Crippen molar-refractivity contribution in [2.45, 2.75) is 26.4 Å². The third-order valence-corrected chi connectivity index (χ3v) is 3.28. The highest BCUT2D eigenvalue weighted by Crippen LogP contribution is 2.17. The quantitative estimate of drug-likeness (QED) is 0.813. The van der Waals surface area contributed by atoms with Crippen molar-refractivity contribution < 1.29 is 9.90 Å². The van der Waals surface area contributed by atoms with Crippen molar-refractivity contribution in [2.75, 3.05) is 6.54 Å². The van der Waals surface area contributed by atoms with E-state index in [-0.39, 0.29) is 17.0 Å². The van der Waals surface area contributed by atoms with Gasteiger partial charge in [0.1, 0.15) is 5.15 Å². The van der Waals surface area contributed by atoms with Crippen LogP contribution >= 0.6 is 27.5 Å². The molecule has 0 bridgehead atoms. The van der Waals surface area contributed by atoms with Crippen LogP contribution in [0.15, 0.2) is 16.7 Å². The van der Waals surface area contributed by atoms with Crippen LogP contribution in [0.2, 0.25) is 5.15 Å². The van der Waals surface area contributed by atoms with E-state index >= 15 is 0 Å². The summed E-state index contributed by atoms with van der Waals surface area (Å²) in [6.07, 6.45) is 1.63. The van der Waals surface area contributed by atoms with Crippen molar-refractivity contribution in [3.05, 3.63) is 27.5 Å². The van der Waals surface area contributed by atoms with Crippen molar-refractivity contribution in [1.29, 1.82) is 0 Å². The Bertz CT molecular complexity index is 427. The molecule has 0 aliphatic carbocycles. The minimum absolute atomic E-state index is 0.167. The molecular weight excluding hydrogens is 320 g/mol. The fraction of sp³-hybridized carbons (Fsp3) is 0.500. The van der Waals surface area contributed by atoms with Crippen molar-refractivity contribution in [3.8, 4) is 0 Å². The Labute approximate surface area is 120 Å². The molecular formula is C12H16BrClN2O2. The molecule has 1 amide bonds. The second-order valence-electron chi connectivity index (χ2n) is 4.35. The lowest BCUT2D eigenvalue weighted by molar-refractivity contribution is 0.0920. The van der Waals surface area contributed by atoms with Crippen LogP contribution in [0.25, 0.3) is 0 Å². The minimum atomic E-state index is -0.415. The van der Waals surface area contributed by atoms with Crippen molar-refractivity contribution in [3.63, 3.8) is 0 Å². The summed E-state index contributed by atoms with van der Waals surface area (Å²) in [6.45, 7) is 4.27. The maximum atomic E-state index is 11.8. The van der Waals surface area contributed by atoms with Crippen LogP contribution in [0, 0.1) is 5.92 Å². The van der Waals surface area contributed by atoms with E-state index in [0.29, 0.717) is 23.0 Å². The monoisotopic (exact) mass is 334 g/mol. The summed E-state index contributed by atoms with van der Waals surface area (Å²) in [5, 5.41) is 12.5. The third kappa shape index (κ3) is 4.55. The van der Waals surface area contributed by atoms with Crippen LogP contribution in [0.4, 0.5) is 0 Å². The van der Waals surface area contributed by atoms with Gasteiger partial charge in [0.15, 0.2) is 0 Å². The van der Waals surface area contributed by atoms with Gasteiger partial charge in [0, 0.05) is 17.2 Å². The molecule has 4 nitrogen and oxygen atoms in total. The van der Waals surface area contributed by atoms with E-state index in [4.69, 9.17) is 11.6 Å². The molecule has 0 aromatic carbocycles. The molecule has 1 rings (SSSR count). The number of nitrogens with zero attached hydrogens (tertiary/aromatic N) is 1. The molecule has 0 aliphatic heterocycles.